The van der Waals surface area contributed by atoms with E-state index < -0.39 is 11.3 Å². The molecule has 19 heavy (non-hydrogen) atoms. The molecule has 6 heteroatoms. The van der Waals surface area contributed by atoms with Crippen LogP contribution in [-0.4, -0.2) is 34.9 Å². The molecule has 2 amide bonds. The van der Waals surface area contributed by atoms with Crippen molar-refractivity contribution in [1.29, 1.82) is 0 Å². The standard InChI is InChI=1S/C13H15ClN2O3/c1-13(12(15)19)4-5-16(7-13)11(18)9-6-8(14)2-3-10(9)17/h2-3,6,17H,4-5,7H2,1H3,(H2,15,19). The summed E-state index contributed by atoms with van der Waals surface area (Å²) in [5, 5.41) is 10.1. The topological polar surface area (TPSA) is 83.6 Å². The second-order valence-electron chi connectivity index (χ2n) is 5.06. The van der Waals surface area contributed by atoms with Crippen molar-refractivity contribution in [1.82, 2.24) is 4.90 Å². The van der Waals surface area contributed by atoms with Crippen molar-refractivity contribution in [2.24, 2.45) is 11.1 Å². The molecule has 1 heterocycles. The second-order valence-corrected chi connectivity index (χ2v) is 5.50. The molecule has 1 unspecified atom stereocenters. The Morgan fingerprint density at radius 2 is 2.16 bits per heavy atom. The summed E-state index contributed by atoms with van der Waals surface area (Å²) in [6, 6.07) is 4.29. The van der Waals surface area contributed by atoms with E-state index in [0.29, 0.717) is 18.0 Å². The number of benzene rings is 1. The Kier molecular flexibility index (Phi) is 3.41. The molecule has 1 aliphatic heterocycles. The molecule has 1 aliphatic rings. The predicted octanol–water partition coefficient (Wildman–Crippen LogP) is 1.38. The monoisotopic (exact) mass is 282 g/mol. The summed E-state index contributed by atoms with van der Waals surface area (Å²) in [6.07, 6.45) is 0.523. The first-order valence-corrected chi connectivity index (χ1v) is 6.29. The molecule has 0 aliphatic carbocycles. The van der Waals surface area contributed by atoms with Crippen molar-refractivity contribution in [2.75, 3.05) is 13.1 Å². The number of rotatable bonds is 2. The fourth-order valence-electron chi connectivity index (χ4n) is 2.19. The van der Waals surface area contributed by atoms with Gasteiger partial charge in [0.2, 0.25) is 5.91 Å². The number of hydrogen-bond donors (Lipinski definition) is 2. The third-order valence-corrected chi connectivity index (χ3v) is 3.78. The molecule has 1 fully saturated rings. The van der Waals surface area contributed by atoms with E-state index >= 15 is 0 Å². The van der Waals surface area contributed by atoms with E-state index in [4.69, 9.17) is 17.3 Å². The number of carbonyl (C=O) groups is 2. The number of hydrogen-bond acceptors (Lipinski definition) is 3. The van der Waals surface area contributed by atoms with Gasteiger partial charge in [-0.25, -0.2) is 0 Å². The number of amides is 2. The Labute approximate surface area is 116 Å². The molecule has 0 bridgehead atoms. The average Bonchev–Trinajstić information content (AvgIpc) is 2.76. The molecule has 3 N–H and O–H groups in total. The van der Waals surface area contributed by atoms with Crippen LogP contribution in [0.2, 0.25) is 5.02 Å². The van der Waals surface area contributed by atoms with E-state index in [1.54, 1.807) is 6.92 Å². The fraction of sp³-hybridized carbons (Fsp3) is 0.385. The highest BCUT2D eigenvalue weighted by molar-refractivity contribution is 6.31. The zero-order chi connectivity index (χ0) is 14.2. The number of primary amides is 1. The molecule has 0 radical (unpaired) electrons. The molecule has 0 saturated carbocycles. The number of aromatic hydroxyl groups is 1. The van der Waals surface area contributed by atoms with Gasteiger partial charge in [0.1, 0.15) is 5.75 Å². The molecular formula is C13H15ClN2O3. The second kappa shape index (κ2) is 4.74. The summed E-state index contributed by atoms with van der Waals surface area (Å²) >= 11 is 5.82. The first-order chi connectivity index (χ1) is 8.83. The van der Waals surface area contributed by atoms with Gasteiger partial charge in [-0.2, -0.15) is 0 Å². The van der Waals surface area contributed by atoms with Crippen molar-refractivity contribution >= 4 is 23.4 Å². The third-order valence-electron chi connectivity index (χ3n) is 3.54. The lowest BCUT2D eigenvalue weighted by atomic mass is 9.89. The van der Waals surface area contributed by atoms with E-state index in [1.807, 2.05) is 0 Å². The highest BCUT2D eigenvalue weighted by Gasteiger charge is 2.41. The lowest BCUT2D eigenvalue weighted by molar-refractivity contribution is -0.126. The van der Waals surface area contributed by atoms with E-state index in [1.165, 1.54) is 23.1 Å². The number of halogens is 1. The Morgan fingerprint density at radius 3 is 2.74 bits per heavy atom. The largest absolute Gasteiger partial charge is 0.507 e. The summed E-state index contributed by atoms with van der Waals surface area (Å²) in [4.78, 5) is 25.2. The van der Waals surface area contributed by atoms with Crippen LogP contribution in [0.1, 0.15) is 23.7 Å². The van der Waals surface area contributed by atoms with E-state index in [2.05, 4.69) is 0 Å². The number of carbonyl (C=O) groups excluding carboxylic acids is 2. The van der Waals surface area contributed by atoms with Gasteiger partial charge < -0.3 is 15.7 Å². The van der Waals surface area contributed by atoms with Gasteiger partial charge in [0.15, 0.2) is 0 Å². The van der Waals surface area contributed by atoms with Crippen LogP contribution in [0, 0.1) is 5.41 Å². The minimum Gasteiger partial charge on any atom is -0.507 e. The zero-order valence-corrected chi connectivity index (χ0v) is 11.3. The van der Waals surface area contributed by atoms with Crippen LogP contribution in [0.25, 0.3) is 0 Å². The molecule has 0 spiro atoms. The minimum atomic E-state index is -0.705. The van der Waals surface area contributed by atoms with Crippen LogP contribution in [0.3, 0.4) is 0 Å². The van der Waals surface area contributed by atoms with Gasteiger partial charge in [0, 0.05) is 18.1 Å². The summed E-state index contributed by atoms with van der Waals surface area (Å²) in [6.45, 7) is 2.43. The SMILES string of the molecule is CC1(C(N)=O)CCN(C(=O)c2cc(Cl)ccc2O)C1. The number of phenolic OH excluding ortho intramolecular Hbond substituents is 1. The average molecular weight is 283 g/mol. The van der Waals surface area contributed by atoms with Crippen LogP contribution in [0.15, 0.2) is 18.2 Å². The molecule has 1 aromatic rings. The first kappa shape index (κ1) is 13.7. The summed E-state index contributed by atoms with van der Waals surface area (Å²) in [5.74, 6) is -0.884. The number of likely N-dealkylation sites (tertiary alicyclic amines) is 1. The molecule has 5 nitrogen and oxygen atoms in total. The van der Waals surface area contributed by atoms with Gasteiger partial charge in [-0.15, -0.1) is 0 Å². The van der Waals surface area contributed by atoms with E-state index in [-0.39, 0.29) is 23.8 Å². The zero-order valence-electron chi connectivity index (χ0n) is 10.5. The fourth-order valence-corrected chi connectivity index (χ4v) is 2.36. The van der Waals surface area contributed by atoms with Crippen LogP contribution < -0.4 is 5.73 Å². The number of nitrogens with zero attached hydrogens (tertiary/aromatic N) is 1. The molecule has 1 saturated heterocycles. The first-order valence-electron chi connectivity index (χ1n) is 5.91. The number of phenols is 1. The van der Waals surface area contributed by atoms with Gasteiger partial charge in [-0.3, -0.25) is 9.59 Å². The van der Waals surface area contributed by atoms with Gasteiger partial charge in [0.05, 0.1) is 11.0 Å². The van der Waals surface area contributed by atoms with Gasteiger partial charge >= 0.3 is 0 Å². The summed E-state index contributed by atoms with van der Waals surface area (Å²) in [7, 11) is 0. The Morgan fingerprint density at radius 1 is 1.47 bits per heavy atom. The van der Waals surface area contributed by atoms with Crippen molar-refractivity contribution in [2.45, 2.75) is 13.3 Å². The Balaban J connectivity index is 2.22. The van der Waals surface area contributed by atoms with Crippen molar-refractivity contribution in [3.8, 4) is 5.75 Å². The predicted molar refractivity (Wildman–Crippen MR) is 70.9 cm³/mol. The molecular weight excluding hydrogens is 268 g/mol. The highest BCUT2D eigenvalue weighted by atomic mass is 35.5. The maximum atomic E-state index is 12.3. The van der Waals surface area contributed by atoms with Crippen molar-refractivity contribution in [3.63, 3.8) is 0 Å². The van der Waals surface area contributed by atoms with Crippen molar-refractivity contribution in [3.05, 3.63) is 28.8 Å². The summed E-state index contributed by atoms with van der Waals surface area (Å²) in [5.41, 5.74) is 4.78. The quantitative estimate of drug-likeness (QED) is 0.859. The normalized spacial score (nSPS) is 22.5. The highest BCUT2D eigenvalue weighted by Crippen LogP contribution is 2.32. The minimum absolute atomic E-state index is 0.123. The Hall–Kier alpha value is -1.75. The third kappa shape index (κ3) is 2.51. The van der Waals surface area contributed by atoms with E-state index in [9.17, 15) is 14.7 Å². The van der Waals surface area contributed by atoms with Gasteiger partial charge in [-0.05, 0) is 31.5 Å². The number of nitrogens with two attached hydrogens (primary N) is 1. The van der Waals surface area contributed by atoms with Crippen LogP contribution in [-0.2, 0) is 4.79 Å². The Bertz CT molecular complexity index is 547. The van der Waals surface area contributed by atoms with Crippen LogP contribution >= 0.6 is 11.6 Å². The van der Waals surface area contributed by atoms with Gasteiger partial charge in [-0.1, -0.05) is 11.6 Å². The molecule has 0 aromatic heterocycles. The molecule has 2 rings (SSSR count). The molecule has 1 atom stereocenters. The van der Waals surface area contributed by atoms with Crippen LogP contribution in [0.5, 0.6) is 5.75 Å². The lowest BCUT2D eigenvalue weighted by Crippen LogP contribution is -2.38. The summed E-state index contributed by atoms with van der Waals surface area (Å²) < 4.78 is 0. The molecule has 102 valence electrons. The lowest BCUT2D eigenvalue weighted by Gasteiger charge is -2.21. The van der Waals surface area contributed by atoms with Gasteiger partial charge in [0.25, 0.3) is 5.91 Å². The maximum absolute atomic E-state index is 12.3. The van der Waals surface area contributed by atoms with Crippen molar-refractivity contribution < 1.29 is 14.7 Å². The van der Waals surface area contributed by atoms with Crippen LogP contribution in [0.4, 0.5) is 0 Å². The van der Waals surface area contributed by atoms with E-state index in [0.717, 1.165) is 0 Å². The molecule has 1 aromatic carbocycles. The maximum Gasteiger partial charge on any atom is 0.257 e. The smallest absolute Gasteiger partial charge is 0.257 e.